The molecule has 186 valence electrons. The molecular formula is C26H30N8O2. The van der Waals surface area contributed by atoms with E-state index in [1.165, 1.54) is 0 Å². The van der Waals surface area contributed by atoms with Crippen molar-refractivity contribution >= 4 is 40.0 Å². The van der Waals surface area contributed by atoms with Crippen LogP contribution in [-0.2, 0) is 11.8 Å². The highest BCUT2D eigenvalue weighted by Crippen LogP contribution is 2.33. The first-order valence-corrected chi connectivity index (χ1v) is 12.1. The molecule has 1 saturated heterocycles. The first-order valence-electron chi connectivity index (χ1n) is 12.1. The third-order valence-corrected chi connectivity index (χ3v) is 6.19. The van der Waals surface area contributed by atoms with Gasteiger partial charge in [-0.15, -0.1) is 0 Å². The van der Waals surface area contributed by atoms with Gasteiger partial charge in [0.15, 0.2) is 17.3 Å². The number of imidazole rings is 1. The molecule has 0 unspecified atom stereocenters. The quantitative estimate of drug-likeness (QED) is 0.346. The largest absolute Gasteiger partial charge is 0.378 e. The molecule has 36 heavy (non-hydrogen) atoms. The number of aryl methyl sites for hydroxylation is 1. The Balaban J connectivity index is 1.53. The second kappa shape index (κ2) is 10.2. The lowest BCUT2D eigenvalue weighted by atomic mass is 10.1. The predicted molar refractivity (Wildman–Crippen MR) is 142 cm³/mol. The first-order chi connectivity index (χ1) is 17.5. The summed E-state index contributed by atoms with van der Waals surface area (Å²) in [6.45, 7) is 5.95. The van der Waals surface area contributed by atoms with Crippen LogP contribution in [0.1, 0.15) is 23.8 Å². The number of nitrogens with one attached hydrogen (secondary N) is 2. The van der Waals surface area contributed by atoms with Crippen LogP contribution in [0.15, 0.2) is 48.8 Å². The number of fused-ring (bicyclic) bond motifs is 1. The average molecular weight is 487 g/mol. The van der Waals surface area contributed by atoms with E-state index in [1.807, 2.05) is 54.1 Å². The number of anilines is 4. The van der Waals surface area contributed by atoms with Gasteiger partial charge in [-0.1, -0.05) is 19.1 Å². The van der Waals surface area contributed by atoms with Crippen LogP contribution in [0.25, 0.3) is 22.3 Å². The van der Waals surface area contributed by atoms with Gasteiger partial charge in [-0.25, -0.2) is 15.0 Å². The molecule has 0 atom stereocenters. The Morgan fingerprint density at radius 1 is 1.08 bits per heavy atom. The molecule has 4 aromatic rings. The Bertz CT molecular complexity index is 1380. The van der Waals surface area contributed by atoms with Crippen molar-refractivity contribution in [2.45, 2.75) is 13.3 Å². The van der Waals surface area contributed by atoms with Crippen molar-refractivity contribution in [3.05, 3.63) is 54.5 Å². The van der Waals surface area contributed by atoms with Crippen molar-refractivity contribution in [2.24, 2.45) is 12.8 Å². The van der Waals surface area contributed by atoms with E-state index in [9.17, 15) is 4.79 Å². The molecule has 1 aliphatic rings. The van der Waals surface area contributed by atoms with Crippen molar-refractivity contribution in [1.82, 2.24) is 19.5 Å². The van der Waals surface area contributed by atoms with E-state index < -0.39 is 5.91 Å². The van der Waals surface area contributed by atoms with Crippen LogP contribution in [0.5, 0.6) is 0 Å². The smallest absolute Gasteiger partial charge is 0.271 e. The second-order valence-corrected chi connectivity index (χ2v) is 8.71. The van der Waals surface area contributed by atoms with Gasteiger partial charge in [-0.2, -0.15) is 0 Å². The summed E-state index contributed by atoms with van der Waals surface area (Å²) in [5, 5.41) is 6.60. The third kappa shape index (κ3) is 4.67. The number of amides is 1. The molecule has 2 aromatic heterocycles. The summed E-state index contributed by atoms with van der Waals surface area (Å²) < 4.78 is 7.38. The molecule has 5 rings (SSSR count). The molecule has 0 spiro atoms. The number of morpholine rings is 1. The molecule has 0 saturated carbocycles. The zero-order valence-corrected chi connectivity index (χ0v) is 20.5. The molecule has 1 fully saturated rings. The molecule has 4 N–H and O–H groups in total. The zero-order valence-electron chi connectivity index (χ0n) is 20.5. The number of aromatic nitrogens is 4. The molecule has 0 radical (unpaired) electrons. The summed E-state index contributed by atoms with van der Waals surface area (Å²) >= 11 is 0. The van der Waals surface area contributed by atoms with E-state index in [0.717, 1.165) is 60.7 Å². The van der Waals surface area contributed by atoms with Gasteiger partial charge in [0.25, 0.3) is 5.91 Å². The molecular weight excluding hydrogens is 456 g/mol. The zero-order chi connectivity index (χ0) is 25.1. The maximum absolute atomic E-state index is 12.5. The van der Waals surface area contributed by atoms with Crippen LogP contribution in [-0.4, -0.2) is 58.3 Å². The fourth-order valence-electron chi connectivity index (χ4n) is 4.31. The summed E-state index contributed by atoms with van der Waals surface area (Å²) in [4.78, 5) is 28.8. The van der Waals surface area contributed by atoms with Gasteiger partial charge in [0, 0.05) is 43.6 Å². The highest BCUT2D eigenvalue weighted by atomic mass is 16.5. The monoisotopic (exact) mass is 486 g/mol. The normalized spacial score (nSPS) is 13.7. The number of ether oxygens (including phenoxy) is 1. The molecule has 0 aliphatic carbocycles. The van der Waals surface area contributed by atoms with Gasteiger partial charge in [0.05, 0.1) is 30.6 Å². The van der Waals surface area contributed by atoms with Crippen molar-refractivity contribution in [3.8, 4) is 11.3 Å². The third-order valence-electron chi connectivity index (χ3n) is 6.19. The van der Waals surface area contributed by atoms with Crippen LogP contribution in [0.3, 0.4) is 0 Å². The Kier molecular flexibility index (Phi) is 6.68. The highest BCUT2D eigenvalue weighted by Gasteiger charge is 2.21. The van der Waals surface area contributed by atoms with Gasteiger partial charge in [0.1, 0.15) is 5.69 Å². The summed E-state index contributed by atoms with van der Waals surface area (Å²) in [6, 6.07) is 13.9. The van der Waals surface area contributed by atoms with E-state index in [2.05, 4.69) is 27.4 Å². The van der Waals surface area contributed by atoms with Crippen molar-refractivity contribution in [1.29, 1.82) is 0 Å². The topological polar surface area (TPSA) is 123 Å². The number of nitrogens with two attached hydrogens (primary N) is 1. The lowest BCUT2D eigenvalue weighted by molar-refractivity contribution is 0.0996. The van der Waals surface area contributed by atoms with Crippen molar-refractivity contribution < 1.29 is 9.53 Å². The van der Waals surface area contributed by atoms with Crippen LogP contribution < -0.4 is 21.3 Å². The van der Waals surface area contributed by atoms with E-state index in [-0.39, 0.29) is 5.69 Å². The molecule has 2 aromatic carbocycles. The number of rotatable bonds is 8. The molecule has 10 heteroatoms. The first kappa shape index (κ1) is 23.6. The van der Waals surface area contributed by atoms with Crippen molar-refractivity contribution in [3.63, 3.8) is 0 Å². The number of carbonyl (C=O) groups is 1. The van der Waals surface area contributed by atoms with E-state index in [1.54, 1.807) is 6.33 Å². The maximum Gasteiger partial charge on any atom is 0.271 e. The minimum Gasteiger partial charge on any atom is -0.378 e. The number of carbonyl (C=O) groups excluding carboxylic acids is 1. The molecule has 10 nitrogen and oxygen atoms in total. The number of primary amides is 1. The second-order valence-electron chi connectivity index (χ2n) is 8.71. The Hall–Kier alpha value is -4.18. The summed E-state index contributed by atoms with van der Waals surface area (Å²) in [5.74, 6) is 0.205. The SMILES string of the molecule is CCCNc1nc(Nc2ccc(N3CCOCC3)cc2)c(C(N)=O)nc1-c1cccc2c1ncn2C. The van der Waals surface area contributed by atoms with Crippen LogP contribution in [0.2, 0.25) is 0 Å². The van der Waals surface area contributed by atoms with E-state index in [4.69, 9.17) is 20.4 Å². The van der Waals surface area contributed by atoms with Crippen molar-refractivity contribution in [2.75, 3.05) is 48.4 Å². The Morgan fingerprint density at radius 2 is 1.86 bits per heavy atom. The fraction of sp³-hybridized carbons (Fsp3) is 0.308. The summed E-state index contributed by atoms with van der Waals surface area (Å²) in [6.07, 6.45) is 2.66. The standard InChI is InChI=1S/C26H30N8O2/c1-3-11-28-25-22(19-5-4-6-20-21(19)29-16-33(20)2)31-23(24(27)35)26(32-25)30-17-7-9-18(10-8-17)34-12-14-36-15-13-34/h4-10,16H,3,11-15H2,1-2H3,(H2,27,35)(H2,28,30,32). The number of para-hydroxylation sites is 1. The lowest BCUT2D eigenvalue weighted by Crippen LogP contribution is -2.36. The van der Waals surface area contributed by atoms with E-state index >= 15 is 0 Å². The lowest BCUT2D eigenvalue weighted by Gasteiger charge is -2.29. The molecule has 1 aliphatic heterocycles. The summed E-state index contributed by atoms with van der Waals surface area (Å²) in [7, 11) is 1.94. The Morgan fingerprint density at radius 3 is 2.58 bits per heavy atom. The minimum absolute atomic E-state index is 0.0669. The van der Waals surface area contributed by atoms with Gasteiger partial charge in [0.2, 0.25) is 0 Å². The van der Waals surface area contributed by atoms with Crippen LogP contribution in [0, 0.1) is 0 Å². The predicted octanol–water partition coefficient (Wildman–Crippen LogP) is 3.53. The molecule has 0 bridgehead atoms. The number of hydrogen-bond acceptors (Lipinski definition) is 8. The fourth-order valence-corrected chi connectivity index (χ4v) is 4.31. The molecule has 1 amide bonds. The summed E-state index contributed by atoms with van der Waals surface area (Å²) in [5.41, 5.74) is 10.8. The average Bonchev–Trinajstić information content (AvgIpc) is 3.29. The van der Waals surface area contributed by atoms with Crippen LogP contribution in [0.4, 0.5) is 23.0 Å². The van der Waals surface area contributed by atoms with Gasteiger partial charge < -0.3 is 30.6 Å². The highest BCUT2D eigenvalue weighted by molar-refractivity contribution is 6.00. The molecule has 3 heterocycles. The minimum atomic E-state index is -0.661. The van der Waals surface area contributed by atoms with Gasteiger partial charge in [-0.05, 0) is 36.8 Å². The Labute approximate surface area is 209 Å². The number of nitrogens with zero attached hydrogens (tertiary/aromatic N) is 5. The maximum atomic E-state index is 12.5. The number of hydrogen-bond donors (Lipinski definition) is 3. The van der Waals surface area contributed by atoms with Gasteiger partial charge >= 0.3 is 0 Å². The van der Waals surface area contributed by atoms with E-state index in [0.29, 0.717) is 23.9 Å². The van der Waals surface area contributed by atoms with Gasteiger partial charge in [-0.3, -0.25) is 4.79 Å². The number of benzene rings is 2. The van der Waals surface area contributed by atoms with Crippen LogP contribution >= 0.6 is 0 Å².